The first kappa shape index (κ1) is 17.2. The lowest BCUT2D eigenvalue weighted by molar-refractivity contribution is -0.138. The summed E-state index contributed by atoms with van der Waals surface area (Å²) in [6.45, 7) is 6.51. The van der Waals surface area contributed by atoms with Crippen LogP contribution in [0.1, 0.15) is 50.3 Å². The number of amides is 1. The average Bonchev–Trinajstić information content (AvgIpc) is 3.36. The Morgan fingerprint density at radius 2 is 1.78 bits per heavy atom. The van der Waals surface area contributed by atoms with Crippen molar-refractivity contribution >= 4 is 11.9 Å². The van der Waals surface area contributed by atoms with Crippen molar-refractivity contribution < 1.29 is 9.53 Å². The smallest absolute Gasteiger partial charge is 0.255 e. The fourth-order valence-corrected chi connectivity index (χ4v) is 4.97. The molecular formula is C20H28N4O3. The predicted molar refractivity (Wildman–Crippen MR) is 101 cm³/mol. The van der Waals surface area contributed by atoms with Crippen LogP contribution in [0, 0.1) is 5.41 Å². The first-order chi connectivity index (χ1) is 13.0. The number of morpholine rings is 1. The molecule has 0 radical (unpaired) electrons. The Bertz CT molecular complexity index is 815. The van der Waals surface area contributed by atoms with E-state index in [0.717, 1.165) is 76.0 Å². The number of fused-ring (bicyclic) bond motifs is 2. The third-order valence-corrected chi connectivity index (χ3v) is 7.19. The van der Waals surface area contributed by atoms with Gasteiger partial charge in [-0.05, 0) is 38.5 Å². The van der Waals surface area contributed by atoms with Crippen LogP contribution in [-0.2, 0) is 21.4 Å². The molecule has 3 heterocycles. The van der Waals surface area contributed by atoms with Crippen LogP contribution in [0.2, 0.25) is 0 Å². The summed E-state index contributed by atoms with van der Waals surface area (Å²) in [5.74, 6) is 1.01. The van der Waals surface area contributed by atoms with Gasteiger partial charge in [0.05, 0.1) is 18.9 Å². The van der Waals surface area contributed by atoms with Crippen molar-refractivity contribution in [1.82, 2.24) is 14.9 Å². The summed E-state index contributed by atoms with van der Waals surface area (Å²) < 4.78 is 5.42. The van der Waals surface area contributed by atoms with Gasteiger partial charge in [0.1, 0.15) is 0 Å². The monoisotopic (exact) mass is 372 g/mol. The van der Waals surface area contributed by atoms with Crippen LogP contribution in [0.5, 0.6) is 0 Å². The van der Waals surface area contributed by atoms with E-state index in [4.69, 9.17) is 9.72 Å². The number of piperidine rings is 1. The Kier molecular flexibility index (Phi) is 3.86. The summed E-state index contributed by atoms with van der Waals surface area (Å²) in [6.07, 6.45) is 5.66. The van der Waals surface area contributed by atoms with Gasteiger partial charge in [0, 0.05) is 42.6 Å². The number of aromatic amines is 1. The van der Waals surface area contributed by atoms with Gasteiger partial charge in [-0.1, -0.05) is 6.92 Å². The quantitative estimate of drug-likeness (QED) is 0.844. The molecule has 0 atom stereocenters. The molecule has 7 nitrogen and oxygen atoms in total. The number of likely N-dealkylation sites (tertiary alicyclic amines) is 1. The first-order valence-corrected chi connectivity index (χ1v) is 10.3. The van der Waals surface area contributed by atoms with Gasteiger partial charge >= 0.3 is 0 Å². The van der Waals surface area contributed by atoms with Crippen LogP contribution in [0.3, 0.4) is 0 Å². The van der Waals surface area contributed by atoms with Crippen LogP contribution in [0.25, 0.3) is 0 Å². The molecular weight excluding hydrogens is 344 g/mol. The van der Waals surface area contributed by atoms with Gasteiger partial charge in [0.25, 0.3) is 5.56 Å². The van der Waals surface area contributed by atoms with Crippen LogP contribution >= 0.6 is 0 Å². The second-order valence-corrected chi connectivity index (χ2v) is 8.95. The van der Waals surface area contributed by atoms with Crippen LogP contribution in [0.15, 0.2) is 4.79 Å². The van der Waals surface area contributed by atoms with Crippen molar-refractivity contribution in [3.8, 4) is 0 Å². The highest BCUT2D eigenvalue weighted by molar-refractivity contribution is 5.85. The van der Waals surface area contributed by atoms with Crippen LogP contribution in [0.4, 0.5) is 5.95 Å². The summed E-state index contributed by atoms with van der Waals surface area (Å²) >= 11 is 0. The molecule has 0 unspecified atom stereocenters. The van der Waals surface area contributed by atoms with Gasteiger partial charge in [-0.15, -0.1) is 0 Å². The number of ether oxygens (including phenoxy) is 1. The van der Waals surface area contributed by atoms with E-state index in [9.17, 15) is 9.59 Å². The maximum absolute atomic E-state index is 12.7. The number of hydrogen-bond donors (Lipinski definition) is 1. The molecule has 27 heavy (non-hydrogen) atoms. The van der Waals surface area contributed by atoms with Gasteiger partial charge in [0.15, 0.2) is 0 Å². The van der Waals surface area contributed by atoms with E-state index in [-0.39, 0.29) is 16.4 Å². The molecule has 1 N–H and O–H groups in total. The molecule has 1 saturated carbocycles. The molecule has 1 aromatic heterocycles. The van der Waals surface area contributed by atoms with Gasteiger partial charge < -0.3 is 14.5 Å². The number of aromatic nitrogens is 2. The fourth-order valence-electron chi connectivity index (χ4n) is 4.97. The molecule has 4 aliphatic rings. The lowest BCUT2D eigenvalue weighted by atomic mass is 9.76. The topological polar surface area (TPSA) is 78.5 Å². The lowest BCUT2D eigenvalue weighted by Crippen LogP contribution is -2.47. The molecule has 2 saturated heterocycles. The summed E-state index contributed by atoms with van der Waals surface area (Å²) in [7, 11) is 0. The van der Waals surface area contributed by atoms with Crippen molar-refractivity contribution in [2.75, 3.05) is 44.3 Å². The SMILES string of the molecule is CC1(C(=O)N2CCC3(CCc4c3nc(N3CCOCC3)[nH]c4=O)CC2)CC1. The zero-order valence-electron chi connectivity index (χ0n) is 16.1. The maximum Gasteiger partial charge on any atom is 0.255 e. The highest BCUT2D eigenvalue weighted by Gasteiger charge is 2.50. The number of carbonyl (C=O) groups excluding carboxylic acids is 1. The maximum atomic E-state index is 12.7. The molecule has 7 heteroatoms. The molecule has 0 bridgehead atoms. The molecule has 1 amide bonds. The second kappa shape index (κ2) is 6.06. The first-order valence-electron chi connectivity index (χ1n) is 10.3. The van der Waals surface area contributed by atoms with Crippen molar-refractivity contribution in [3.63, 3.8) is 0 Å². The number of nitrogens with zero attached hydrogens (tertiary/aromatic N) is 3. The predicted octanol–water partition coefficient (Wildman–Crippen LogP) is 1.21. The molecule has 1 aromatic rings. The van der Waals surface area contributed by atoms with Crippen molar-refractivity contribution in [2.45, 2.75) is 50.9 Å². The van der Waals surface area contributed by atoms with Gasteiger partial charge in [-0.25, -0.2) is 4.98 Å². The summed E-state index contributed by atoms with van der Waals surface area (Å²) in [6, 6.07) is 0. The number of nitrogens with one attached hydrogen (secondary N) is 1. The Hall–Kier alpha value is -1.89. The van der Waals surface area contributed by atoms with Gasteiger partial charge in [0.2, 0.25) is 11.9 Å². The van der Waals surface area contributed by atoms with E-state index in [0.29, 0.717) is 25.1 Å². The van der Waals surface area contributed by atoms with Crippen LogP contribution in [-0.4, -0.2) is 60.2 Å². The summed E-state index contributed by atoms with van der Waals surface area (Å²) in [5, 5.41) is 0. The minimum Gasteiger partial charge on any atom is -0.378 e. The number of carbonyl (C=O) groups is 1. The Labute approximate surface area is 159 Å². The van der Waals surface area contributed by atoms with Crippen molar-refractivity contribution in [2.24, 2.45) is 5.41 Å². The number of anilines is 1. The van der Waals surface area contributed by atoms with Crippen LogP contribution < -0.4 is 10.5 Å². The van der Waals surface area contributed by atoms with Gasteiger partial charge in [-0.2, -0.15) is 0 Å². The third kappa shape index (κ3) is 2.78. The third-order valence-electron chi connectivity index (χ3n) is 7.19. The summed E-state index contributed by atoms with van der Waals surface area (Å²) in [4.78, 5) is 37.5. The minimum atomic E-state index is -0.100. The zero-order valence-corrected chi connectivity index (χ0v) is 16.1. The summed E-state index contributed by atoms with van der Waals surface area (Å²) in [5.41, 5.74) is 1.74. The van der Waals surface area contributed by atoms with E-state index in [1.165, 1.54) is 0 Å². The molecule has 2 aliphatic heterocycles. The molecule has 3 fully saturated rings. The standard InChI is InChI=1S/C20H28N4O3/c1-19(4-5-19)17(26)23-8-6-20(7-9-23)3-2-14-15(20)21-18(22-16(14)25)24-10-12-27-13-11-24/h2-13H2,1H3,(H,21,22,25). The molecule has 146 valence electrons. The Morgan fingerprint density at radius 1 is 1.07 bits per heavy atom. The number of hydrogen-bond acceptors (Lipinski definition) is 5. The van der Waals surface area contributed by atoms with Crippen molar-refractivity contribution in [3.05, 3.63) is 21.6 Å². The fraction of sp³-hybridized carbons (Fsp3) is 0.750. The normalized spacial score (nSPS) is 25.5. The Morgan fingerprint density at radius 3 is 2.44 bits per heavy atom. The van der Waals surface area contributed by atoms with E-state index in [2.05, 4.69) is 16.8 Å². The zero-order chi connectivity index (χ0) is 18.6. The Balaban J connectivity index is 1.40. The van der Waals surface area contributed by atoms with E-state index in [1.807, 2.05) is 4.90 Å². The molecule has 1 spiro atoms. The van der Waals surface area contributed by atoms with Crippen molar-refractivity contribution in [1.29, 1.82) is 0 Å². The van der Waals surface area contributed by atoms with Gasteiger partial charge in [-0.3, -0.25) is 14.6 Å². The molecule has 2 aliphatic carbocycles. The second-order valence-electron chi connectivity index (χ2n) is 8.95. The highest BCUT2D eigenvalue weighted by atomic mass is 16.5. The lowest BCUT2D eigenvalue weighted by Gasteiger charge is -2.40. The van der Waals surface area contributed by atoms with E-state index in [1.54, 1.807) is 0 Å². The van der Waals surface area contributed by atoms with E-state index >= 15 is 0 Å². The number of H-pyrrole nitrogens is 1. The van der Waals surface area contributed by atoms with E-state index < -0.39 is 0 Å². The number of rotatable bonds is 2. The highest BCUT2D eigenvalue weighted by Crippen LogP contribution is 2.49. The average molecular weight is 372 g/mol. The minimum absolute atomic E-state index is 0.0161. The molecule has 0 aromatic carbocycles. The molecule has 5 rings (SSSR count). The largest absolute Gasteiger partial charge is 0.378 e.